The second-order valence-corrected chi connectivity index (χ2v) is 9.27. The van der Waals surface area contributed by atoms with Crippen molar-refractivity contribution in [2.24, 2.45) is 0 Å². The highest BCUT2D eigenvalue weighted by molar-refractivity contribution is 14.1. The van der Waals surface area contributed by atoms with Gasteiger partial charge in [0.25, 0.3) is 10.0 Å². The summed E-state index contributed by atoms with van der Waals surface area (Å²) in [5.41, 5.74) is 1.03. The molecule has 2 N–H and O–H groups in total. The Morgan fingerprint density at radius 2 is 2.00 bits per heavy atom. The molecule has 1 unspecified atom stereocenters. The number of fused-ring (bicyclic) bond motifs is 1. The molecule has 1 aliphatic heterocycles. The summed E-state index contributed by atoms with van der Waals surface area (Å²) in [4.78, 5) is 17.5. The zero-order valence-electron chi connectivity index (χ0n) is 14.6. The van der Waals surface area contributed by atoms with Crippen molar-refractivity contribution >= 4 is 49.7 Å². The summed E-state index contributed by atoms with van der Waals surface area (Å²) < 4.78 is 28.1. The van der Waals surface area contributed by atoms with Gasteiger partial charge in [0.15, 0.2) is 5.65 Å². The fraction of sp³-hybridized carbons (Fsp3) is 0.222. The van der Waals surface area contributed by atoms with Crippen LogP contribution >= 0.6 is 22.6 Å². The number of carbonyl (C=O) groups is 1. The topological polar surface area (TPSA) is 105 Å². The Morgan fingerprint density at radius 3 is 2.71 bits per heavy atom. The van der Waals surface area contributed by atoms with Gasteiger partial charge in [-0.1, -0.05) is 18.2 Å². The van der Waals surface area contributed by atoms with Crippen LogP contribution in [0.3, 0.4) is 0 Å². The number of amides is 1. The molecule has 2 aromatic heterocycles. The Bertz CT molecular complexity index is 1150. The first-order valence-corrected chi connectivity index (χ1v) is 11.1. The molecule has 0 bridgehead atoms. The molecule has 3 aromatic rings. The number of hydrogen-bond donors (Lipinski definition) is 2. The molecule has 1 aromatic carbocycles. The van der Waals surface area contributed by atoms with Crippen molar-refractivity contribution in [3.63, 3.8) is 0 Å². The molecule has 1 amide bonds. The van der Waals surface area contributed by atoms with Crippen LogP contribution in [0.25, 0.3) is 11.0 Å². The maximum atomic E-state index is 13.2. The lowest BCUT2D eigenvalue weighted by Gasteiger charge is -2.34. The summed E-state index contributed by atoms with van der Waals surface area (Å²) in [5, 5.41) is 13.4. The Hall–Kier alpha value is -2.18. The number of halogens is 1. The lowest BCUT2D eigenvalue weighted by Crippen LogP contribution is -2.48. The lowest BCUT2D eigenvalue weighted by atomic mass is 10.0. The van der Waals surface area contributed by atoms with Crippen LogP contribution in [-0.4, -0.2) is 53.1 Å². The smallest absolute Gasteiger partial charge is 0.407 e. The number of nitrogens with one attached hydrogen (secondary N) is 1. The predicted octanol–water partition coefficient (Wildman–Crippen LogP) is 2.50. The molecule has 0 spiro atoms. The minimum Gasteiger partial charge on any atom is -0.465 e. The van der Waals surface area contributed by atoms with Gasteiger partial charge in [0, 0.05) is 31.2 Å². The summed E-state index contributed by atoms with van der Waals surface area (Å²) in [6.45, 7) is 1.40. The van der Waals surface area contributed by atoms with Crippen LogP contribution in [0.4, 0.5) is 4.79 Å². The van der Waals surface area contributed by atoms with Crippen LogP contribution in [0.15, 0.2) is 53.6 Å². The Morgan fingerprint density at radius 1 is 1.25 bits per heavy atom. The van der Waals surface area contributed by atoms with Gasteiger partial charge < -0.3 is 10.4 Å². The summed E-state index contributed by atoms with van der Waals surface area (Å²) >= 11 is 1.97. The van der Waals surface area contributed by atoms with Crippen molar-refractivity contribution in [1.82, 2.24) is 19.2 Å². The van der Waals surface area contributed by atoms with Crippen LogP contribution in [0, 0.1) is 3.70 Å². The summed E-state index contributed by atoms with van der Waals surface area (Å²) in [6, 6.07) is 11.3. The molecule has 1 saturated heterocycles. The first-order valence-electron chi connectivity index (χ1n) is 8.58. The Labute approximate surface area is 175 Å². The lowest BCUT2D eigenvalue weighted by molar-refractivity contribution is 0.113. The number of benzene rings is 1. The van der Waals surface area contributed by atoms with Crippen molar-refractivity contribution in [3.8, 4) is 0 Å². The number of aromatic nitrogens is 2. The van der Waals surface area contributed by atoms with E-state index >= 15 is 0 Å². The predicted molar refractivity (Wildman–Crippen MR) is 112 cm³/mol. The van der Waals surface area contributed by atoms with Gasteiger partial charge in [-0.15, -0.1) is 0 Å². The van der Waals surface area contributed by atoms with E-state index in [4.69, 9.17) is 0 Å². The van der Waals surface area contributed by atoms with Gasteiger partial charge >= 0.3 is 6.09 Å². The maximum Gasteiger partial charge on any atom is 0.407 e. The SMILES string of the molecule is O=C(O)N1CCNCC1c1ccnc2c1cc(I)n2S(=O)(=O)c1ccccc1. The molecule has 1 atom stereocenters. The van der Waals surface area contributed by atoms with Crippen LogP contribution in [-0.2, 0) is 10.0 Å². The number of pyridine rings is 1. The van der Waals surface area contributed by atoms with E-state index in [1.165, 1.54) is 27.2 Å². The summed E-state index contributed by atoms with van der Waals surface area (Å²) in [7, 11) is -3.83. The average molecular weight is 512 g/mol. The molecule has 4 rings (SSSR count). The largest absolute Gasteiger partial charge is 0.465 e. The maximum absolute atomic E-state index is 13.2. The van der Waals surface area contributed by atoms with Gasteiger partial charge in [-0.25, -0.2) is 22.2 Å². The van der Waals surface area contributed by atoms with Crippen molar-refractivity contribution in [1.29, 1.82) is 0 Å². The molecule has 1 fully saturated rings. The molecule has 10 heteroatoms. The summed E-state index contributed by atoms with van der Waals surface area (Å²) in [5.74, 6) is 0. The zero-order valence-corrected chi connectivity index (χ0v) is 17.6. The van der Waals surface area contributed by atoms with Crippen LogP contribution < -0.4 is 5.32 Å². The molecular weight excluding hydrogens is 495 g/mol. The van der Waals surface area contributed by atoms with Crippen LogP contribution in [0.5, 0.6) is 0 Å². The molecule has 0 radical (unpaired) electrons. The Kier molecular flexibility index (Phi) is 5.02. The minimum atomic E-state index is -3.83. The van der Waals surface area contributed by atoms with E-state index in [0.717, 1.165) is 5.56 Å². The fourth-order valence-corrected chi connectivity index (χ4v) is 6.18. The van der Waals surface area contributed by atoms with Gasteiger partial charge in [-0.2, -0.15) is 0 Å². The van der Waals surface area contributed by atoms with Gasteiger partial charge in [0.05, 0.1) is 14.6 Å². The normalized spacial score (nSPS) is 17.8. The molecule has 3 heterocycles. The van der Waals surface area contributed by atoms with E-state index < -0.39 is 22.2 Å². The monoisotopic (exact) mass is 512 g/mol. The van der Waals surface area contributed by atoms with Crippen LogP contribution in [0.2, 0.25) is 0 Å². The zero-order chi connectivity index (χ0) is 19.9. The third-order valence-electron chi connectivity index (χ3n) is 4.78. The van der Waals surface area contributed by atoms with Crippen molar-refractivity contribution in [2.45, 2.75) is 10.9 Å². The van der Waals surface area contributed by atoms with Gasteiger partial charge in [0.2, 0.25) is 0 Å². The molecule has 1 aliphatic rings. The second-order valence-electron chi connectivity index (χ2n) is 6.38. The van der Waals surface area contributed by atoms with Crippen LogP contribution in [0.1, 0.15) is 11.6 Å². The number of nitrogens with zero attached hydrogens (tertiary/aromatic N) is 3. The van der Waals surface area contributed by atoms with E-state index in [-0.39, 0.29) is 4.90 Å². The number of piperazine rings is 1. The molecular formula is C18H17IN4O4S. The van der Waals surface area contributed by atoms with E-state index in [9.17, 15) is 18.3 Å². The van der Waals surface area contributed by atoms with E-state index in [1.807, 2.05) is 22.6 Å². The average Bonchev–Trinajstić information content (AvgIpc) is 3.05. The highest BCUT2D eigenvalue weighted by atomic mass is 127. The second kappa shape index (κ2) is 7.33. The third-order valence-corrected chi connectivity index (χ3v) is 7.62. The van der Waals surface area contributed by atoms with Crippen molar-refractivity contribution in [3.05, 3.63) is 57.9 Å². The molecule has 0 aliphatic carbocycles. The number of hydrogen-bond acceptors (Lipinski definition) is 5. The van der Waals surface area contributed by atoms with E-state index in [1.54, 1.807) is 30.3 Å². The standard InChI is InChI=1S/C18H17IN4O4S/c19-16-10-14-13(15-11-20-8-9-22(15)18(24)25)6-7-21-17(14)23(16)28(26,27)12-4-2-1-3-5-12/h1-7,10,15,20H,8-9,11H2,(H,24,25). The number of carboxylic acid groups (broad SMARTS) is 1. The van der Waals surface area contributed by atoms with E-state index in [0.29, 0.717) is 34.4 Å². The molecule has 28 heavy (non-hydrogen) atoms. The Balaban J connectivity index is 1.90. The number of rotatable bonds is 3. The summed E-state index contributed by atoms with van der Waals surface area (Å²) in [6.07, 6.45) is 0.529. The van der Waals surface area contributed by atoms with Crippen molar-refractivity contribution in [2.75, 3.05) is 19.6 Å². The molecule has 146 valence electrons. The molecule has 0 saturated carbocycles. The minimum absolute atomic E-state index is 0.170. The quantitative estimate of drug-likeness (QED) is 0.523. The van der Waals surface area contributed by atoms with Gasteiger partial charge in [-0.05, 0) is 52.4 Å². The highest BCUT2D eigenvalue weighted by Crippen LogP contribution is 2.32. The van der Waals surface area contributed by atoms with Crippen molar-refractivity contribution < 1.29 is 18.3 Å². The van der Waals surface area contributed by atoms with E-state index in [2.05, 4.69) is 10.3 Å². The highest BCUT2D eigenvalue weighted by Gasteiger charge is 2.31. The first-order chi connectivity index (χ1) is 13.4. The first kappa shape index (κ1) is 19.2. The van der Waals surface area contributed by atoms with Gasteiger partial charge in [0.1, 0.15) is 0 Å². The third kappa shape index (κ3) is 3.14. The molecule has 8 nitrogen and oxygen atoms in total. The fourth-order valence-electron chi connectivity index (χ4n) is 3.49. The van der Waals surface area contributed by atoms with Gasteiger partial charge in [-0.3, -0.25) is 4.90 Å².